The van der Waals surface area contributed by atoms with Crippen LogP contribution in [0.15, 0.2) is 54.6 Å². The molecule has 5 rings (SSSR count). The van der Waals surface area contributed by atoms with Gasteiger partial charge in [0.2, 0.25) is 11.8 Å². The number of hydrogen-bond donors (Lipinski definition) is 2. The number of aromatic amines is 1. The topological polar surface area (TPSA) is 111 Å². The first-order valence-electron chi connectivity index (χ1n) is 15.2. The molecule has 0 saturated carbocycles. The maximum Gasteiger partial charge on any atom is 0.254 e. The molecule has 2 bridgehead atoms. The van der Waals surface area contributed by atoms with Crippen LogP contribution < -0.4 is 5.32 Å². The van der Waals surface area contributed by atoms with E-state index in [2.05, 4.69) is 15.2 Å². The number of nitrogens with one attached hydrogen (secondary N) is 2. The normalized spacial score (nSPS) is 20.8. The van der Waals surface area contributed by atoms with Crippen molar-refractivity contribution < 1.29 is 19.1 Å². The Morgan fingerprint density at radius 2 is 1.76 bits per heavy atom. The highest BCUT2D eigenvalue weighted by Gasteiger charge is 2.42. The first kappa shape index (κ1) is 29.7. The molecule has 42 heavy (non-hydrogen) atoms. The molecule has 3 amide bonds. The Kier molecular flexibility index (Phi) is 10.2. The molecule has 2 aliphatic rings. The molecule has 2 N–H and O–H groups in total. The summed E-state index contributed by atoms with van der Waals surface area (Å²) in [5.41, 5.74) is 2.58. The fraction of sp³-hybridized carbons (Fsp3) is 0.500. The van der Waals surface area contributed by atoms with E-state index in [1.54, 1.807) is 4.90 Å². The number of aromatic nitrogens is 2. The van der Waals surface area contributed by atoms with Crippen LogP contribution in [0.2, 0.25) is 0 Å². The molecule has 1 aromatic heterocycles. The van der Waals surface area contributed by atoms with Crippen LogP contribution in [-0.2, 0) is 20.9 Å². The Morgan fingerprint density at radius 1 is 0.976 bits per heavy atom. The summed E-state index contributed by atoms with van der Waals surface area (Å²) in [4.78, 5) is 54.6. The van der Waals surface area contributed by atoms with Crippen LogP contribution in [0.4, 0.5) is 0 Å². The van der Waals surface area contributed by atoms with Gasteiger partial charge in [0, 0.05) is 38.3 Å². The van der Waals surface area contributed by atoms with Gasteiger partial charge in [0.25, 0.3) is 5.91 Å². The lowest BCUT2D eigenvalue weighted by molar-refractivity contribution is -0.139. The Morgan fingerprint density at radius 3 is 2.57 bits per heavy atom. The van der Waals surface area contributed by atoms with E-state index in [0.717, 1.165) is 49.2 Å². The van der Waals surface area contributed by atoms with Crippen molar-refractivity contribution in [1.82, 2.24) is 30.0 Å². The molecule has 0 radical (unpaired) electrons. The van der Waals surface area contributed by atoms with E-state index in [9.17, 15) is 14.4 Å². The third-order valence-electron chi connectivity index (χ3n) is 8.17. The van der Waals surface area contributed by atoms with Crippen LogP contribution in [0.5, 0.6) is 0 Å². The first-order valence-corrected chi connectivity index (χ1v) is 15.2. The van der Waals surface area contributed by atoms with Crippen LogP contribution in [0.1, 0.15) is 55.2 Å². The number of H-pyrrole nitrogens is 1. The molecule has 2 atom stereocenters. The number of para-hydroxylation sites is 2. The number of carbonyl (C=O) groups is 3. The molecule has 0 spiro atoms. The SMILES string of the molecule is CCOCCC(=O)N1C[C@@H]2C[C@H]1C(=O)NCCCCN(Cc1nc3ccccc3[nH]1)CCCN2C(=O)c1ccccc1. The van der Waals surface area contributed by atoms with Crippen molar-refractivity contribution in [3.8, 4) is 0 Å². The van der Waals surface area contributed by atoms with Crippen LogP contribution >= 0.6 is 0 Å². The minimum Gasteiger partial charge on any atom is -0.381 e. The molecule has 224 valence electrons. The van der Waals surface area contributed by atoms with Crippen molar-refractivity contribution in [1.29, 1.82) is 0 Å². The molecule has 0 aliphatic carbocycles. The van der Waals surface area contributed by atoms with Gasteiger partial charge in [-0.3, -0.25) is 19.3 Å². The molecule has 2 aromatic carbocycles. The Hall–Kier alpha value is -3.76. The van der Waals surface area contributed by atoms with Gasteiger partial charge in [-0.25, -0.2) is 4.98 Å². The lowest BCUT2D eigenvalue weighted by Crippen LogP contribution is -2.46. The number of carbonyl (C=O) groups excluding carboxylic acids is 3. The predicted octanol–water partition coefficient (Wildman–Crippen LogP) is 3.20. The van der Waals surface area contributed by atoms with Crippen molar-refractivity contribution >= 4 is 28.8 Å². The molecule has 2 fully saturated rings. The molecule has 10 nitrogen and oxygen atoms in total. The smallest absolute Gasteiger partial charge is 0.254 e. The zero-order chi connectivity index (χ0) is 29.3. The third kappa shape index (κ3) is 7.35. The molecular formula is C32H42N6O4. The van der Waals surface area contributed by atoms with E-state index in [1.807, 2.05) is 66.4 Å². The second kappa shape index (κ2) is 14.4. The minimum atomic E-state index is -0.595. The lowest BCUT2D eigenvalue weighted by atomic mass is 10.1. The molecule has 10 heteroatoms. The molecule has 2 saturated heterocycles. The number of benzene rings is 2. The van der Waals surface area contributed by atoms with E-state index >= 15 is 0 Å². The fourth-order valence-electron chi connectivity index (χ4n) is 6.02. The monoisotopic (exact) mass is 574 g/mol. The lowest BCUT2D eigenvalue weighted by Gasteiger charge is -2.30. The summed E-state index contributed by atoms with van der Waals surface area (Å²) in [5.74, 6) is 0.590. The highest BCUT2D eigenvalue weighted by atomic mass is 16.5. The Bertz CT molecular complexity index is 1310. The number of likely N-dealkylation sites (tertiary alicyclic amines) is 1. The fourth-order valence-corrected chi connectivity index (χ4v) is 6.02. The molecule has 2 aliphatic heterocycles. The summed E-state index contributed by atoms with van der Waals surface area (Å²) in [5, 5.41) is 3.07. The van der Waals surface area contributed by atoms with Crippen molar-refractivity contribution in [2.24, 2.45) is 0 Å². The highest BCUT2D eigenvalue weighted by molar-refractivity contribution is 5.95. The third-order valence-corrected chi connectivity index (χ3v) is 8.17. The van der Waals surface area contributed by atoms with Crippen LogP contribution in [0.3, 0.4) is 0 Å². The van der Waals surface area contributed by atoms with Gasteiger partial charge >= 0.3 is 0 Å². The number of rotatable bonds is 7. The highest BCUT2D eigenvalue weighted by Crippen LogP contribution is 2.26. The molecule has 3 heterocycles. The van der Waals surface area contributed by atoms with Crippen molar-refractivity contribution in [2.45, 2.75) is 57.7 Å². The van der Waals surface area contributed by atoms with Gasteiger partial charge in [-0.05, 0) is 63.4 Å². The van der Waals surface area contributed by atoms with Crippen molar-refractivity contribution in [3.63, 3.8) is 0 Å². The number of nitrogens with zero attached hydrogens (tertiary/aromatic N) is 4. The molecule has 0 unspecified atom stereocenters. The Labute approximate surface area is 247 Å². The standard InChI is InChI=1S/C32H42N6O4/c1-2-42-20-15-30(39)38-22-25-21-28(38)31(40)33-16-8-9-17-36(23-29-34-26-13-6-7-14-27(26)35-29)18-10-19-37(25)32(41)24-11-4-3-5-12-24/h3-7,11-14,25,28H,2,8-10,15-23H2,1H3,(H,33,40)(H,34,35)/t25-,28-/m0/s1. The van der Waals surface area contributed by atoms with Gasteiger partial charge in [-0.2, -0.15) is 0 Å². The van der Waals surface area contributed by atoms with E-state index in [0.29, 0.717) is 51.4 Å². The summed E-state index contributed by atoms with van der Waals surface area (Å²) in [7, 11) is 0. The zero-order valence-electron chi connectivity index (χ0n) is 24.5. The summed E-state index contributed by atoms with van der Waals surface area (Å²) in [6.45, 7) is 6.50. The van der Waals surface area contributed by atoms with Crippen LogP contribution in [-0.4, -0.2) is 100 Å². The maximum atomic E-state index is 13.8. The number of hydrogen-bond acceptors (Lipinski definition) is 6. The van der Waals surface area contributed by atoms with E-state index in [4.69, 9.17) is 9.72 Å². The summed E-state index contributed by atoms with van der Waals surface area (Å²) < 4.78 is 5.42. The van der Waals surface area contributed by atoms with Gasteiger partial charge in [0.15, 0.2) is 0 Å². The van der Waals surface area contributed by atoms with Gasteiger partial charge in [0.05, 0.1) is 36.6 Å². The summed E-state index contributed by atoms with van der Waals surface area (Å²) >= 11 is 0. The van der Waals surface area contributed by atoms with Gasteiger partial charge in [-0.1, -0.05) is 30.3 Å². The van der Waals surface area contributed by atoms with Gasteiger partial charge < -0.3 is 24.8 Å². The largest absolute Gasteiger partial charge is 0.381 e. The maximum absolute atomic E-state index is 13.8. The van der Waals surface area contributed by atoms with Crippen molar-refractivity contribution in [3.05, 3.63) is 66.0 Å². The first-order chi connectivity index (χ1) is 20.5. The molecular weight excluding hydrogens is 532 g/mol. The second-order valence-corrected chi connectivity index (χ2v) is 11.1. The van der Waals surface area contributed by atoms with E-state index < -0.39 is 6.04 Å². The Balaban J connectivity index is 1.35. The van der Waals surface area contributed by atoms with E-state index in [-0.39, 0.29) is 30.2 Å². The van der Waals surface area contributed by atoms with Crippen molar-refractivity contribution in [2.75, 3.05) is 45.9 Å². The number of ether oxygens (including phenoxy) is 1. The van der Waals surface area contributed by atoms with Gasteiger partial charge in [0.1, 0.15) is 11.9 Å². The average molecular weight is 575 g/mol. The second-order valence-electron chi connectivity index (χ2n) is 11.1. The molecule has 3 aromatic rings. The summed E-state index contributed by atoms with van der Waals surface area (Å²) in [6.07, 6.45) is 3.17. The average Bonchev–Trinajstić information content (AvgIpc) is 3.63. The number of imidazole rings is 1. The van der Waals surface area contributed by atoms with Gasteiger partial charge in [-0.15, -0.1) is 0 Å². The predicted molar refractivity (Wildman–Crippen MR) is 161 cm³/mol. The van der Waals surface area contributed by atoms with Crippen LogP contribution in [0.25, 0.3) is 11.0 Å². The zero-order valence-corrected chi connectivity index (χ0v) is 24.5. The minimum absolute atomic E-state index is 0.0701. The quantitative estimate of drug-likeness (QED) is 0.420. The number of fused-ring (bicyclic) bond motifs is 3. The van der Waals surface area contributed by atoms with E-state index in [1.165, 1.54) is 0 Å². The van der Waals surface area contributed by atoms with Crippen LogP contribution in [0, 0.1) is 0 Å². The summed E-state index contributed by atoms with van der Waals surface area (Å²) in [6, 6.07) is 16.4. The number of amides is 3.